The summed E-state index contributed by atoms with van der Waals surface area (Å²) in [5.74, 6) is 0.343. The number of hydrogen-bond acceptors (Lipinski definition) is 2. The lowest BCUT2D eigenvalue weighted by atomic mass is 10.1. The Hall–Kier alpha value is -1.92. The zero-order valence-corrected chi connectivity index (χ0v) is 17.9. The largest absolute Gasteiger partial charge is 0.338 e. The van der Waals surface area contributed by atoms with E-state index in [2.05, 4.69) is 32.2 Å². The molecule has 1 aliphatic rings. The maximum Gasteiger partial charge on any atom is 0.279 e. The Labute approximate surface area is 169 Å². The van der Waals surface area contributed by atoms with Crippen LogP contribution in [0.3, 0.4) is 0 Å². The van der Waals surface area contributed by atoms with E-state index in [1.54, 1.807) is 0 Å². The van der Waals surface area contributed by atoms with Gasteiger partial charge in [-0.05, 0) is 31.4 Å². The zero-order chi connectivity index (χ0) is 20.4. The first kappa shape index (κ1) is 22.4. The highest BCUT2D eigenvalue weighted by Crippen LogP contribution is 2.14. The maximum absolute atomic E-state index is 12.5. The van der Waals surface area contributed by atoms with Gasteiger partial charge in [0, 0.05) is 18.8 Å². The number of quaternary nitrogens is 2. The smallest absolute Gasteiger partial charge is 0.279 e. The average Bonchev–Trinajstić information content (AvgIpc) is 2.70. The summed E-state index contributed by atoms with van der Waals surface area (Å²) in [4.78, 5) is 29.6. The van der Waals surface area contributed by atoms with Gasteiger partial charge in [0.2, 0.25) is 0 Å². The Morgan fingerprint density at radius 2 is 1.64 bits per heavy atom. The lowest BCUT2D eigenvalue weighted by molar-refractivity contribution is -1.00. The Morgan fingerprint density at radius 3 is 2.25 bits per heavy atom. The standard InChI is InChI=1S/C22H36N4O2/c1-4-7-12-26(6-3)22(28)18-25-15-13-24(14-16-25)17-21(27)23-20-11-9-8-10-19(20)5-2/h8-11H,4-7,12-18H2,1-3H3,(H,23,27)/p+2. The summed E-state index contributed by atoms with van der Waals surface area (Å²) in [6, 6.07) is 7.99. The molecule has 0 spiro atoms. The van der Waals surface area contributed by atoms with Crippen LogP contribution in [0, 0.1) is 0 Å². The Morgan fingerprint density at radius 1 is 1.00 bits per heavy atom. The number of amides is 2. The van der Waals surface area contributed by atoms with E-state index in [4.69, 9.17) is 0 Å². The number of benzene rings is 1. The van der Waals surface area contributed by atoms with Gasteiger partial charge in [0.1, 0.15) is 26.2 Å². The minimum absolute atomic E-state index is 0.0761. The molecule has 0 aliphatic carbocycles. The summed E-state index contributed by atoms with van der Waals surface area (Å²) in [7, 11) is 0. The van der Waals surface area contributed by atoms with Gasteiger partial charge in [0.25, 0.3) is 11.8 Å². The van der Waals surface area contributed by atoms with Crippen molar-refractivity contribution >= 4 is 17.5 Å². The number of carbonyl (C=O) groups is 2. The van der Waals surface area contributed by atoms with Crippen molar-refractivity contribution in [3.63, 3.8) is 0 Å². The van der Waals surface area contributed by atoms with Gasteiger partial charge in [-0.25, -0.2) is 0 Å². The SMILES string of the molecule is CCCCN(CC)C(=O)C[NH+]1CC[NH+](CC(=O)Nc2ccccc2CC)CC1. The van der Waals surface area contributed by atoms with E-state index in [0.717, 1.165) is 64.2 Å². The number of nitrogens with zero attached hydrogens (tertiary/aromatic N) is 1. The number of aryl methyl sites for hydroxylation is 1. The minimum Gasteiger partial charge on any atom is -0.338 e. The molecule has 0 saturated carbocycles. The van der Waals surface area contributed by atoms with Gasteiger partial charge < -0.3 is 20.0 Å². The molecule has 0 unspecified atom stereocenters. The third kappa shape index (κ3) is 6.91. The molecule has 0 atom stereocenters. The average molecular weight is 391 g/mol. The van der Waals surface area contributed by atoms with Crippen LogP contribution in [0.1, 0.15) is 39.2 Å². The summed E-state index contributed by atoms with van der Waals surface area (Å²) >= 11 is 0. The molecular weight excluding hydrogens is 352 g/mol. The van der Waals surface area contributed by atoms with Crippen molar-refractivity contribution in [3.8, 4) is 0 Å². The van der Waals surface area contributed by atoms with Crippen LogP contribution in [0.15, 0.2) is 24.3 Å². The fourth-order valence-electron chi connectivity index (χ4n) is 3.82. The second-order valence-corrected chi connectivity index (χ2v) is 7.74. The van der Waals surface area contributed by atoms with Crippen LogP contribution in [0.5, 0.6) is 0 Å². The van der Waals surface area contributed by atoms with Crippen molar-refractivity contribution in [2.45, 2.75) is 40.0 Å². The fraction of sp³-hybridized carbons (Fsp3) is 0.636. The van der Waals surface area contributed by atoms with Crippen molar-refractivity contribution in [1.82, 2.24) is 4.90 Å². The minimum atomic E-state index is 0.0761. The molecule has 6 heteroatoms. The van der Waals surface area contributed by atoms with E-state index in [-0.39, 0.29) is 11.8 Å². The third-order valence-electron chi connectivity index (χ3n) is 5.66. The summed E-state index contributed by atoms with van der Waals surface area (Å²) in [5.41, 5.74) is 2.10. The van der Waals surface area contributed by atoms with E-state index in [1.807, 2.05) is 23.1 Å². The lowest BCUT2D eigenvalue weighted by Gasteiger charge is -2.30. The molecule has 0 bridgehead atoms. The molecule has 2 amide bonds. The van der Waals surface area contributed by atoms with Crippen LogP contribution in [-0.2, 0) is 16.0 Å². The molecule has 1 saturated heterocycles. The molecule has 1 fully saturated rings. The highest BCUT2D eigenvalue weighted by atomic mass is 16.2. The predicted molar refractivity (Wildman–Crippen MR) is 113 cm³/mol. The highest BCUT2D eigenvalue weighted by Gasteiger charge is 2.27. The summed E-state index contributed by atoms with van der Waals surface area (Å²) in [5, 5.41) is 3.07. The maximum atomic E-state index is 12.5. The number of unbranched alkanes of at least 4 members (excludes halogenated alkanes) is 1. The Bertz CT molecular complexity index is 627. The molecule has 0 radical (unpaired) electrons. The van der Waals surface area contributed by atoms with Crippen molar-refractivity contribution in [2.24, 2.45) is 0 Å². The molecule has 2 rings (SSSR count). The van der Waals surface area contributed by atoms with Gasteiger partial charge >= 0.3 is 0 Å². The van der Waals surface area contributed by atoms with Gasteiger partial charge in [-0.3, -0.25) is 9.59 Å². The van der Waals surface area contributed by atoms with Gasteiger partial charge in [-0.15, -0.1) is 0 Å². The summed E-state index contributed by atoms with van der Waals surface area (Å²) in [6.45, 7) is 12.8. The highest BCUT2D eigenvalue weighted by molar-refractivity contribution is 5.92. The number of likely N-dealkylation sites (N-methyl/N-ethyl adjacent to an activating group) is 1. The molecule has 6 nitrogen and oxygen atoms in total. The van der Waals surface area contributed by atoms with Crippen molar-refractivity contribution in [1.29, 1.82) is 0 Å². The molecular formula is C22H38N4O2+2. The first-order chi connectivity index (χ1) is 13.6. The molecule has 1 heterocycles. The Kier molecular flexibility index (Phi) is 9.44. The summed E-state index contributed by atoms with van der Waals surface area (Å²) < 4.78 is 0. The van der Waals surface area contributed by atoms with Crippen molar-refractivity contribution in [3.05, 3.63) is 29.8 Å². The zero-order valence-electron chi connectivity index (χ0n) is 17.9. The van der Waals surface area contributed by atoms with Gasteiger partial charge in [0.05, 0.1) is 0 Å². The van der Waals surface area contributed by atoms with Gasteiger partial charge in [-0.2, -0.15) is 0 Å². The monoisotopic (exact) mass is 390 g/mol. The fourth-order valence-corrected chi connectivity index (χ4v) is 3.82. The van der Waals surface area contributed by atoms with Crippen LogP contribution in [0.2, 0.25) is 0 Å². The van der Waals surface area contributed by atoms with Crippen LogP contribution < -0.4 is 15.1 Å². The van der Waals surface area contributed by atoms with Crippen molar-refractivity contribution < 1.29 is 19.4 Å². The van der Waals surface area contributed by atoms with Crippen LogP contribution in [0.25, 0.3) is 0 Å². The van der Waals surface area contributed by atoms with Gasteiger partial charge in [-0.1, -0.05) is 38.5 Å². The molecule has 1 aromatic carbocycles. The molecule has 28 heavy (non-hydrogen) atoms. The van der Waals surface area contributed by atoms with Crippen LogP contribution in [0.4, 0.5) is 5.69 Å². The number of para-hydroxylation sites is 1. The lowest BCUT2D eigenvalue weighted by Crippen LogP contribution is -3.28. The number of anilines is 1. The number of rotatable bonds is 10. The van der Waals surface area contributed by atoms with Crippen LogP contribution in [-0.4, -0.2) is 69.1 Å². The van der Waals surface area contributed by atoms with Crippen LogP contribution >= 0.6 is 0 Å². The van der Waals surface area contributed by atoms with E-state index in [1.165, 1.54) is 15.4 Å². The number of carbonyl (C=O) groups excluding carboxylic acids is 2. The molecule has 156 valence electrons. The topological polar surface area (TPSA) is 58.3 Å². The molecule has 3 N–H and O–H groups in total. The van der Waals surface area contributed by atoms with E-state index < -0.39 is 0 Å². The second-order valence-electron chi connectivity index (χ2n) is 7.74. The van der Waals surface area contributed by atoms with E-state index >= 15 is 0 Å². The normalized spacial score (nSPS) is 19.2. The van der Waals surface area contributed by atoms with E-state index in [9.17, 15) is 9.59 Å². The first-order valence-electron chi connectivity index (χ1n) is 10.9. The quantitative estimate of drug-likeness (QED) is 0.510. The Balaban J connectivity index is 1.74. The number of hydrogen-bond donors (Lipinski definition) is 3. The molecule has 1 aromatic rings. The van der Waals surface area contributed by atoms with E-state index in [0.29, 0.717) is 13.1 Å². The molecule has 1 aliphatic heterocycles. The van der Waals surface area contributed by atoms with Crippen molar-refractivity contribution in [2.75, 3.05) is 57.7 Å². The summed E-state index contributed by atoms with van der Waals surface area (Å²) in [6.07, 6.45) is 3.10. The molecule has 0 aromatic heterocycles. The number of piperazine rings is 1. The predicted octanol–water partition coefficient (Wildman–Crippen LogP) is -0.380. The van der Waals surface area contributed by atoms with Gasteiger partial charge in [0.15, 0.2) is 13.1 Å². The number of nitrogens with one attached hydrogen (secondary N) is 3. The first-order valence-corrected chi connectivity index (χ1v) is 10.9. The third-order valence-corrected chi connectivity index (χ3v) is 5.66. The second kappa shape index (κ2) is 11.8.